The summed E-state index contributed by atoms with van der Waals surface area (Å²) in [5, 5.41) is 7.12. The van der Waals surface area contributed by atoms with Gasteiger partial charge < -0.3 is 9.80 Å². The lowest BCUT2D eigenvalue weighted by atomic mass is 9.91. The van der Waals surface area contributed by atoms with Crippen molar-refractivity contribution in [1.29, 1.82) is 0 Å². The molecule has 18 rings (SSSR count). The number of nitrogens with zero attached hydrogens (tertiary/aromatic N) is 2. The molecular formula is C100H68N2. The lowest BCUT2D eigenvalue weighted by molar-refractivity contribution is 1.30. The van der Waals surface area contributed by atoms with Crippen LogP contribution in [0, 0.1) is 0 Å². The van der Waals surface area contributed by atoms with Crippen LogP contribution >= 0.6 is 0 Å². The maximum atomic E-state index is 2.48. The summed E-state index contributed by atoms with van der Waals surface area (Å²) >= 11 is 0. The zero-order valence-electron chi connectivity index (χ0n) is 56.2. The van der Waals surface area contributed by atoms with E-state index in [-0.39, 0.29) is 0 Å². The van der Waals surface area contributed by atoms with Crippen molar-refractivity contribution in [2.24, 2.45) is 0 Å². The number of hydrogen-bond acceptors (Lipinski definition) is 2. The van der Waals surface area contributed by atoms with Gasteiger partial charge in [0.2, 0.25) is 0 Å². The topological polar surface area (TPSA) is 6.48 Å². The van der Waals surface area contributed by atoms with Crippen molar-refractivity contribution in [3.8, 4) is 111 Å². The molecular weight excluding hydrogens is 1230 g/mol. The Bertz CT molecular complexity index is 5520. The lowest BCUT2D eigenvalue weighted by Crippen LogP contribution is -2.11. The van der Waals surface area contributed by atoms with Gasteiger partial charge in [-0.15, -0.1) is 0 Å². The minimum Gasteiger partial charge on any atom is -0.310 e. The molecule has 0 saturated heterocycles. The van der Waals surface area contributed by atoms with Crippen LogP contribution in [0.2, 0.25) is 0 Å². The highest BCUT2D eigenvalue weighted by atomic mass is 15.1. The van der Waals surface area contributed by atoms with Crippen molar-refractivity contribution in [2.75, 3.05) is 9.80 Å². The third-order valence-corrected chi connectivity index (χ3v) is 20.1. The first-order valence-corrected chi connectivity index (χ1v) is 35.1. The number of hydrogen-bond donors (Lipinski definition) is 0. The molecule has 18 aromatic rings. The molecule has 0 aromatic heterocycles. The molecule has 0 N–H and O–H groups in total. The molecule has 478 valence electrons. The summed E-state index contributed by atoms with van der Waals surface area (Å²) in [6.07, 6.45) is 0. The molecule has 0 bridgehead atoms. The van der Waals surface area contributed by atoms with E-state index in [0.717, 1.165) is 78.3 Å². The molecule has 0 atom stereocenters. The predicted molar refractivity (Wildman–Crippen MR) is 434 cm³/mol. The molecule has 0 saturated carbocycles. The number of rotatable bonds is 16. The van der Waals surface area contributed by atoms with E-state index in [0.29, 0.717) is 0 Å². The smallest absolute Gasteiger partial charge is 0.0540 e. The van der Waals surface area contributed by atoms with E-state index in [4.69, 9.17) is 0 Å². The van der Waals surface area contributed by atoms with Crippen LogP contribution in [-0.4, -0.2) is 0 Å². The van der Waals surface area contributed by atoms with E-state index in [1.807, 2.05) is 0 Å². The Morgan fingerprint density at radius 1 is 0.127 bits per heavy atom. The molecule has 0 aliphatic carbocycles. The van der Waals surface area contributed by atoms with Crippen molar-refractivity contribution in [3.05, 3.63) is 413 Å². The zero-order chi connectivity index (χ0) is 67.7. The average Bonchev–Trinajstić information content (AvgIpc) is 0.720. The molecule has 0 unspecified atom stereocenters. The summed E-state index contributed by atoms with van der Waals surface area (Å²) in [7, 11) is 0. The molecule has 0 spiro atoms. The molecule has 2 nitrogen and oxygen atoms in total. The van der Waals surface area contributed by atoms with Crippen LogP contribution in [0.4, 0.5) is 34.1 Å². The van der Waals surface area contributed by atoms with Gasteiger partial charge in [0.15, 0.2) is 0 Å². The van der Waals surface area contributed by atoms with Crippen LogP contribution in [0.1, 0.15) is 0 Å². The first-order valence-electron chi connectivity index (χ1n) is 35.1. The maximum absolute atomic E-state index is 2.48. The molecule has 0 radical (unpaired) electrons. The van der Waals surface area contributed by atoms with Gasteiger partial charge in [0.1, 0.15) is 0 Å². The van der Waals surface area contributed by atoms with E-state index in [1.54, 1.807) is 0 Å². The maximum Gasteiger partial charge on any atom is 0.0540 e. The Kier molecular flexibility index (Phi) is 16.0. The normalized spacial score (nSPS) is 11.3. The Morgan fingerprint density at radius 3 is 0.637 bits per heavy atom. The quantitative estimate of drug-likeness (QED) is 0.0890. The highest BCUT2D eigenvalue weighted by Gasteiger charge is 2.24. The highest BCUT2D eigenvalue weighted by molar-refractivity contribution is 6.28. The van der Waals surface area contributed by atoms with E-state index in [2.05, 4.69) is 422 Å². The monoisotopic (exact) mass is 1300 g/mol. The second kappa shape index (κ2) is 26.8. The van der Waals surface area contributed by atoms with Gasteiger partial charge in [-0.3, -0.25) is 0 Å². The summed E-state index contributed by atoms with van der Waals surface area (Å²) in [5.74, 6) is 0. The number of benzene rings is 18. The van der Waals surface area contributed by atoms with Crippen LogP contribution < -0.4 is 9.80 Å². The standard InChI is InChI=1S/C100H68N2/c1-7-23-69(24-8-1)79-35-19-37-81(59-79)75-43-51-91(52-44-75)101(93-41-21-39-83(67-93)89-63-85(71-27-11-3-12-28-71)61-86(64-89)72-29-13-4-14-30-72)97-57-49-77-48-56-96-98(58-50-78-47-55-95(97)99(77)100(78)96)102(92-53-45-76(46-54-92)82-38-20-36-80(60-82)70-25-9-2-10-26-70)94-42-22-40-84(68-94)90-65-87(73-31-15-5-16-32-73)62-88(66-90)74-33-17-6-18-34-74/h1-68H. The van der Waals surface area contributed by atoms with Crippen LogP contribution in [-0.2, 0) is 0 Å². The average molecular weight is 1300 g/mol. The molecule has 0 heterocycles. The Labute approximate surface area is 596 Å². The van der Waals surface area contributed by atoms with Crippen LogP contribution in [0.5, 0.6) is 0 Å². The third kappa shape index (κ3) is 11.9. The van der Waals surface area contributed by atoms with E-state index in [9.17, 15) is 0 Å². The molecule has 18 aromatic carbocycles. The highest BCUT2D eigenvalue weighted by Crippen LogP contribution is 2.50. The lowest BCUT2D eigenvalue weighted by Gasteiger charge is -2.30. The minimum atomic E-state index is 1.06. The molecule has 2 heteroatoms. The Morgan fingerprint density at radius 2 is 0.343 bits per heavy atom. The van der Waals surface area contributed by atoms with E-state index >= 15 is 0 Å². The second-order valence-electron chi connectivity index (χ2n) is 26.4. The fraction of sp³-hybridized carbons (Fsp3) is 0. The van der Waals surface area contributed by atoms with Gasteiger partial charge in [-0.05, 0) is 242 Å². The fourth-order valence-corrected chi connectivity index (χ4v) is 15.1. The van der Waals surface area contributed by atoms with Gasteiger partial charge in [-0.1, -0.05) is 303 Å². The van der Waals surface area contributed by atoms with Gasteiger partial charge in [-0.25, -0.2) is 0 Å². The van der Waals surface area contributed by atoms with E-state index < -0.39 is 0 Å². The largest absolute Gasteiger partial charge is 0.310 e. The van der Waals surface area contributed by atoms with Crippen molar-refractivity contribution in [3.63, 3.8) is 0 Å². The third-order valence-electron chi connectivity index (χ3n) is 20.1. The van der Waals surface area contributed by atoms with Crippen molar-refractivity contribution < 1.29 is 0 Å². The summed E-state index contributed by atoms with van der Waals surface area (Å²) in [6.45, 7) is 0. The SMILES string of the molecule is c1ccc(-c2cccc(-c3ccc(N(c4cccc(-c5cc(-c6ccccc6)cc(-c6ccccc6)c5)c4)c4ccc5ccc6c(N(c7ccc(-c8cccc(-c9ccccc9)c8)cc7)c7cccc(-c8cc(-c9ccccc9)cc(-c9ccccc9)c8)c7)ccc7ccc4c5c76)cc3)c2)cc1. The first kappa shape index (κ1) is 61.0. The van der Waals surface area contributed by atoms with Gasteiger partial charge in [0.25, 0.3) is 0 Å². The fourth-order valence-electron chi connectivity index (χ4n) is 15.1. The molecule has 0 fully saturated rings. The van der Waals surface area contributed by atoms with E-state index in [1.165, 1.54) is 99.4 Å². The summed E-state index contributed by atoms with van der Waals surface area (Å²) < 4.78 is 0. The van der Waals surface area contributed by atoms with Gasteiger partial charge in [-0.2, -0.15) is 0 Å². The van der Waals surface area contributed by atoms with Crippen molar-refractivity contribution in [2.45, 2.75) is 0 Å². The molecule has 0 aliphatic rings. The molecule has 0 aliphatic heterocycles. The first-order chi connectivity index (χ1) is 50.5. The van der Waals surface area contributed by atoms with Crippen molar-refractivity contribution in [1.82, 2.24) is 0 Å². The zero-order valence-corrected chi connectivity index (χ0v) is 56.2. The summed E-state index contributed by atoms with van der Waals surface area (Å²) in [5.41, 5.74) is 29.8. The van der Waals surface area contributed by atoms with Gasteiger partial charge in [0.05, 0.1) is 11.4 Å². The van der Waals surface area contributed by atoms with Crippen molar-refractivity contribution >= 4 is 66.4 Å². The Hall–Kier alpha value is -13.4. The van der Waals surface area contributed by atoms with Crippen LogP contribution in [0.3, 0.4) is 0 Å². The van der Waals surface area contributed by atoms with Crippen LogP contribution in [0.25, 0.3) is 144 Å². The van der Waals surface area contributed by atoms with Crippen LogP contribution in [0.15, 0.2) is 413 Å². The Balaban J connectivity index is 0.807. The summed E-state index contributed by atoms with van der Waals surface area (Å²) in [4.78, 5) is 4.95. The molecule has 0 amide bonds. The predicted octanol–water partition coefficient (Wildman–Crippen LogP) is 28.2. The second-order valence-corrected chi connectivity index (χ2v) is 26.4. The van der Waals surface area contributed by atoms with Gasteiger partial charge in [0, 0.05) is 33.5 Å². The summed E-state index contributed by atoms with van der Waals surface area (Å²) in [6, 6.07) is 151. The van der Waals surface area contributed by atoms with Gasteiger partial charge >= 0.3 is 0 Å². The minimum absolute atomic E-state index is 1.06. The molecule has 102 heavy (non-hydrogen) atoms. The number of anilines is 6.